The van der Waals surface area contributed by atoms with Gasteiger partial charge in [-0.15, -0.1) is 0 Å². The summed E-state index contributed by atoms with van der Waals surface area (Å²) in [5, 5.41) is 0. The van der Waals surface area contributed by atoms with Crippen molar-refractivity contribution < 1.29 is 4.74 Å². The van der Waals surface area contributed by atoms with Crippen LogP contribution in [0.1, 0.15) is 45.4 Å². The predicted molar refractivity (Wildman–Crippen MR) is 63.7 cm³/mol. The van der Waals surface area contributed by atoms with E-state index in [9.17, 15) is 0 Å². The zero-order valence-electron chi connectivity index (χ0n) is 10.1. The van der Waals surface area contributed by atoms with Crippen LogP contribution in [0.5, 0.6) is 0 Å². The number of hydrogen-bond donors (Lipinski definition) is 1. The van der Waals surface area contributed by atoms with Gasteiger partial charge in [-0.3, -0.25) is 4.90 Å². The summed E-state index contributed by atoms with van der Waals surface area (Å²) in [6, 6.07) is 0.787. The second kappa shape index (κ2) is 8.08. The molecule has 1 fully saturated rings. The Hall–Kier alpha value is -0.120. The van der Waals surface area contributed by atoms with E-state index in [1.807, 2.05) is 0 Å². The van der Waals surface area contributed by atoms with Crippen LogP contribution in [0.3, 0.4) is 0 Å². The van der Waals surface area contributed by atoms with Gasteiger partial charge in [0.15, 0.2) is 0 Å². The molecule has 0 atom stereocenters. The zero-order valence-corrected chi connectivity index (χ0v) is 10.1. The van der Waals surface area contributed by atoms with Crippen LogP contribution in [0.15, 0.2) is 0 Å². The molecular formula is C12H26N2O. The molecule has 0 aromatic heterocycles. The Bertz CT molecular complexity index is 149. The summed E-state index contributed by atoms with van der Waals surface area (Å²) >= 11 is 0. The highest BCUT2D eigenvalue weighted by Crippen LogP contribution is 2.25. The van der Waals surface area contributed by atoms with E-state index in [4.69, 9.17) is 10.5 Å². The van der Waals surface area contributed by atoms with Gasteiger partial charge in [0.05, 0.1) is 0 Å². The monoisotopic (exact) mass is 214 g/mol. The van der Waals surface area contributed by atoms with Crippen molar-refractivity contribution >= 4 is 0 Å². The number of hydrogen-bond acceptors (Lipinski definition) is 3. The summed E-state index contributed by atoms with van der Waals surface area (Å²) in [6.07, 6.45) is 7.58. The van der Waals surface area contributed by atoms with Crippen LogP contribution in [-0.2, 0) is 4.74 Å². The highest BCUT2D eigenvalue weighted by atomic mass is 16.5. The molecule has 90 valence electrons. The van der Waals surface area contributed by atoms with Crippen molar-refractivity contribution in [2.75, 3.05) is 26.4 Å². The molecule has 0 radical (unpaired) electrons. The molecule has 2 N–H and O–H groups in total. The van der Waals surface area contributed by atoms with Crippen molar-refractivity contribution in [1.29, 1.82) is 0 Å². The van der Waals surface area contributed by atoms with E-state index in [0.717, 1.165) is 32.2 Å². The Morgan fingerprint density at radius 2 is 1.93 bits per heavy atom. The Kier molecular flexibility index (Phi) is 6.98. The maximum Gasteiger partial charge on any atom is 0.0478 e. The van der Waals surface area contributed by atoms with E-state index >= 15 is 0 Å². The minimum atomic E-state index is 0.709. The topological polar surface area (TPSA) is 38.5 Å². The van der Waals surface area contributed by atoms with Crippen LogP contribution in [0.4, 0.5) is 0 Å². The highest BCUT2D eigenvalue weighted by molar-refractivity contribution is 4.83. The maximum absolute atomic E-state index is 5.68. The Labute approximate surface area is 94.0 Å². The van der Waals surface area contributed by atoms with E-state index in [2.05, 4.69) is 11.8 Å². The lowest BCUT2D eigenvalue weighted by atomic mass is 10.3. The van der Waals surface area contributed by atoms with Gasteiger partial charge in [-0.2, -0.15) is 0 Å². The van der Waals surface area contributed by atoms with Crippen LogP contribution in [0.25, 0.3) is 0 Å². The third-order valence-corrected chi connectivity index (χ3v) is 2.92. The second-order valence-corrected chi connectivity index (χ2v) is 4.40. The number of rotatable bonds is 10. The third kappa shape index (κ3) is 6.13. The van der Waals surface area contributed by atoms with E-state index in [0.29, 0.717) is 6.67 Å². The van der Waals surface area contributed by atoms with Gasteiger partial charge >= 0.3 is 0 Å². The van der Waals surface area contributed by atoms with Crippen LogP contribution >= 0.6 is 0 Å². The normalized spacial score (nSPS) is 16.2. The number of ether oxygens (including phenoxy) is 1. The molecule has 0 bridgehead atoms. The van der Waals surface area contributed by atoms with Crippen molar-refractivity contribution in [2.24, 2.45) is 5.73 Å². The largest absolute Gasteiger partial charge is 0.381 e. The van der Waals surface area contributed by atoms with E-state index in [1.165, 1.54) is 32.1 Å². The average Bonchev–Trinajstić information content (AvgIpc) is 3.06. The SMILES string of the molecule is CCCCCOCCCN(CN)C1CC1. The van der Waals surface area contributed by atoms with E-state index in [-0.39, 0.29) is 0 Å². The molecule has 3 nitrogen and oxygen atoms in total. The second-order valence-electron chi connectivity index (χ2n) is 4.40. The fourth-order valence-electron chi connectivity index (χ4n) is 1.79. The summed E-state index contributed by atoms with van der Waals surface area (Å²) < 4.78 is 5.56. The first kappa shape index (κ1) is 12.9. The van der Waals surface area contributed by atoms with Gasteiger partial charge in [-0.05, 0) is 25.7 Å². The molecule has 0 saturated heterocycles. The molecule has 0 spiro atoms. The van der Waals surface area contributed by atoms with Crippen LogP contribution in [0, 0.1) is 0 Å². The van der Waals surface area contributed by atoms with Crippen molar-refractivity contribution in [3.63, 3.8) is 0 Å². The fourth-order valence-corrected chi connectivity index (χ4v) is 1.79. The quantitative estimate of drug-likeness (QED) is 0.446. The molecule has 0 amide bonds. The Balaban J connectivity index is 1.83. The molecule has 15 heavy (non-hydrogen) atoms. The number of nitrogens with zero attached hydrogens (tertiary/aromatic N) is 1. The minimum absolute atomic E-state index is 0.709. The highest BCUT2D eigenvalue weighted by Gasteiger charge is 2.27. The van der Waals surface area contributed by atoms with E-state index in [1.54, 1.807) is 0 Å². The van der Waals surface area contributed by atoms with Gasteiger partial charge in [0.25, 0.3) is 0 Å². The fraction of sp³-hybridized carbons (Fsp3) is 1.00. The summed E-state index contributed by atoms with van der Waals surface area (Å²) in [5.41, 5.74) is 5.68. The van der Waals surface area contributed by atoms with Gasteiger partial charge in [0.1, 0.15) is 0 Å². The first-order chi connectivity index (χ1) is 7.38. The average molecular weight is 214 g/mol. The van der Waals surface area contributed by atoms with Crippen LogP contribution < -0.4 is 5.73 Å². The summed E-state index contributed by atoms with van der Waals surface area (Å²) in [4.78, 5) is 2.37. The molecule has 1 rings (SSSR count). The molecule has 1 saturated carbocycles. The Morgan fingerprint density at radius 3 is 2.53 bits per heavy atom. The first-order valence-corrected chi connectivity index (χ1v) is 6.40. The Morgan fingerprint density at radius 1 is 1.20 bits per heavy atom. The summed E-state index contributed by atoms with van der Waals surface area (Å²) in [7, 11) is 0. The first-order valence-electron chi connectivity index (χ1n) is 6.40. The van der Waals surface area contributed by atoms with Crippen molar-refractivity contribution in [3.05, 3.63) is 0 Å². The van der Waals surface area contributed by atoms with Crippen LogP contribution in [0.2, 0.25) is 0 Å². The maximum atomic E-state index is 5.68. The molecule has 0 aliphatic heterocycles. The predicted octanol–water partition coefficient (Wildman–Crippen LogP) is 1.96. The lowest BCUT2D eigenvalue weighted by molar-refractivity contribution is 0.116. The number of nitrogens with two attached hydrogens (primary N) is 1. The lowest BCUT2D eigenvalue weighted by Gasteiger charge is -2.19. The van der Waals surface area contributed by atoms with Crippen molar-refractivity contribution in [3.8, 4) is 0 Å². The van der Waals surface area contributed by atoms with Crippen LogP contribution in [-0.4, -0.2) is 37.4 Å². The summed E-state index contributed by atoms with van der Waals surface area (Å²) in [5.74, 6) is 0. The molecule has 3 heteroatoms. The van der Waals surface area contributed by atoms with Gasteiger partial charge < -0.3 is 10.5 Å². The van der Waals surface area contributed by atoms with Gasteiger partial charge in [-0.25, -0.2) is 0 Å². The van der Waals surface area contributed by atoms with Gasteiger partial charge in [-0.1, -0.05) is 19.8 Å². The third-order valence-electron chi connectivity index (χ3n) is 2.92. The lowest BCUT2D eigenvalue weighted by Crippen LogP contribution is -2.33. The summed E-state index contributed by atoms with van der Waals surface area (Å²) in [6.45, 7) is 5.86. The molecule has 1 aliphatic carbocycles. The van der Waals surface area contributed by atoms with Gasteiger partial charge in [0.2, 0.25) is 0 Å². The molecular weight excluding hydrogens is 188 g/mol. The molecule has 1 aliphatic rings. The van der Waals surface area contributed by atoms with Crippen molar-refractivity contribution in [1.82, 2.24) is 4.90 Å². The number of unbranched alkanes of at least 4 members (excludes halogenated alkanes) is 2. The zero-order chi connectivity index (χ0) is 10.9. The molecule has 0 aromatic carbocycles. The smallest absolute Gasteiger partial charge is 0.0478 e. The standard InChI is InChI=1S/C12H26N2O/c1-2-3-4-9-15-10-5-8-14(11-13)12-6-7-12/h12H,2-11,13H2,1H3. The van der Waals surface area contributed by atoms with Crippen molar-refractivity contribution in [2.45, 2.75) is 51.5 Å². The molecule has 0 heterocycles. The minimum Gasteiger partial charge on any atom is -0.381 e. The molecule has 0 unspecified atom stereocenters. The van der Waals surface area contributed by atoms with E-state index < -0.39 is 0 Å². The molecule has 0 aromatic rings. The van der Waals surface area contributed by atoms with Gasteiger partial charge in [0, 0.05) is 32.5 Å².